The maximum absolute atomic E-state index is 3.79. The van der Waals surface area contributed by atoms with Crippen LogP contribution in [-0.4, -0.2) is 23.0 Å². The first kappa shape index (κ1) is 13.2. The van der Waals surface area contributed by atoms with Crippen LogP contribution in [0.2, 0.25) is 0 Å². The summed E-state index contributed by atoms with van der Waals surface area (Å²) in [5.74, 6) is 3.93. The topological polar surface area (TPSA) is 0 Å². The van der Waals surface area contributed by atoms with Crippen molar-refractivity contribution < 1.29 is 0 Å². The van der Waals surface area contributed by atoms with Gasteiger partial charge in [-0.2, -0.15) is 0 Å². The van der Waals surface area contributed by atoms with Gasteiger partial charge in [-0.25, -0.2) is 10.0 Å². The fourth-order valence-electron chi connectivity index (χ4n) is 2.60. The second kappa shape index (κ2) is 5.98. The van der Waals surface area contributed by atoms with Crippen molar-refractivity contribution in [2.75, 3.05) is 17.8 Å². The summed E-state index contributed by atoms with van der Waals surface area (Å²) in [6.07, 6.45) is 11.7. The second-order valence-electron chi connectivity index (χ2n) is 5.11. The van der Waals surface area contributed by atoms with E-state index in [1.54, 1.807) is 0 Å². The van der Waals surface area contributed by atoms with Crippen LogP contribution in [0.5, 0.6) is 0 Å². The van der Waals surface area contributed by atoms with E-state index in [9.17, 15) is 0 Å². The summed E-state index contributed by atoms with van der Waals surface area (Å²) in [6.45, 7) is 8.57. The van der Waals surface area contributed by atoms with E-state index in [1.165, 1.54) is 43.6 Å². The van der Waals surface area contributed by atoms with Crippen molar-refractivity contribution in [3.8, 4) is 0 Å². The van der Waals surface area contributed by atoms with Crippen LogP contribution in [0, 0.1) is 5.92 Å². The molecule has 0 nitrogen and oxygen atoms in total. The van der Waals surface area contributed by atoms with E-state index in [4.69, 9.17) is 0 Å². The van der Waals surface area contributed by atoms with Crippen LogP contribution in [0.1, 0.15) is 46.0 Å². The molecule has 0 amide bonds. The van der Waals surface area contributed by atoms with Crippen molar-refractivity contribution >= 4 is 10.0 Å². The molecule has 1 aliphatic carbocycles. The normalized spacial score (nSPS) is 27.1. The Balaban J connectivity index is 2.21. The van der Waals surface area contributed by atoms with Gasteiger partial charge in [-0.1, -0.05) is 26.3 Å². The molecule has 1 rings (SSSR count). The molecular weight excluding hydrogens is 200 g/mol. The van der Waals surface area contributed by atoms with E-state index >= 15 is 0 Å². The molecule has 0 N–H and O–H groups in total. The molecule has 15 heavy (non-hydrogen) atoms. The summed E-state index contributed by atoms with van der Waals surface area (Å²) in [6, 6.07) is 0. The van der Waals surface area contributed by atoms with Gasteiger partial charge < -0.3 is 0 Å². The van der Waals surface area contributed by atoms with Crippen molar-refractivity contribution in [2.24, 2.45) is 5.92 Å². The van der Waals surface area contributed by atoms with Gasteiger partial charge in [0.15, 0.2) is 0 Å². The highest BCUT2D eigenvalue weighted by Crippen LogP contribution is 2.58. The Kier molecular flexibility index (Phi) is 5.25. The number of rotatable bonds is 7. The van der Waals surface area contributed by atoms with Crippen molar-refractivity contribution in [1.29, 1.82) is 0 Å². The molecule has 1 aliphatic rings. The quantitative estimate of drug-likeness (QED) is 0.441. The predicted molar refractivity (Wildman–Crippen MR) is 75.2 cm³/mol. The first-order valence-corrected chi connectivity index (χ1v) is 8.94. The Morgan fingerprint density at radius 2 is 1.87 bits per heavy atom. The zero-order valence-electron chi connectivity index (χ0n) is 10.8. The van der Waals surface area contributed by atoms with Gasteiger partial charge in [0, 0.05) is 0 Å². The molecule has 0 aromatic heterocycles. The largest absolute Gasteiger partial charge is 0.242 e. The van der Waals surface area contributed by atoms with Crippen molar-refractivity contribution in [2.45, 2.75) is 51.2 Å². The van der Waals surface area contributed by atoms with Crippen LogP contribution < -0.4 is 0 Å². The molecule has 90 valence electrons. The Morgan fingerprint density at radius 1 is 1.27 bits per heavy atom. The minimum Gasteiger partial charge on any atom is -0.242 e. The average Bonchev–Trinajstić information content (AvgIpc) is 2.20. The van der Waals surface area contributed by atoms with Gasteiger partial charge in [-0.05, 0) is 54.6 Å². The first-order chi connectivity index (χ1) is 7.16. The van der Waals surface area contributed by atoms with Crippen LogP contribution in [-0.2, 0) is 0 Å². The molecule has 0 spiro atoms. The maximum Gasteiger partial charge on any atom is -0.0109 e. The van der Waals surface area contributed by atoms with Crippen LogP contribution in [0.25, 0.3) is 0 Å². The molecule has 0 bridgehead atoms. The van der Waals surface area contributed by atoms with E-state index in [2.05, 4.69) is 32.8 Å². The van der Waals surface area contributed by atoms with Gasteiger partial charge >= 0.3 is 0 Å². The number of hydrogen-bond acceptors (Lipinski definition) is 0. The predicted octanol–water partition coefficient (Wildman–Crippen LogP) is 4.60. The first-order valence-electron chi connectivity index (χ1n) is 6.49. The molecule has 1 heteroatoms. The van der Waals surface area contributed by atoms with Crippen molar-refractivity contribution in [3.63, 3.8) is 0 Å². The summed E-state index contributed by atoms with van der Waals surface area (Å²) in [7, 11) is -0.241. The third kappa shape index (κ3) is 3.27. The molecule has 0 heterocycles. The Hall–Kier alpha value is 0.0900. The fraction of sp³-hybridized carbons (Fsp3) is 0.857. The summed E-state index contributed by atoms with van der Waals surface area (Å²) < 4.78 is 0. The molecule has 0 aromatic rings. The molecule has 0 aromatic carbocycles. The zero-order chi connectivity index (χ0) is 11.3. The average molecular weight is 228 g/mol. The van der Waals surface area contributed by atoms with E-state index in [0.717, 1.165) is 11.2 Å². The summed E-state index contributed by atoms with van der Waals surface area (Å²) >= 11 is 0. The zero-order valence-corrected chi connectivity index (χ0v) is 11.6. The molecule has 1 fully saturated rings. The summed E-state index contributed by atoms with van der Waals surface area (Å²) in [5.41, 5.74) is 0. The van der Waals surface area contributed by atoms with Gasteiger partial charge in [0.25, 0.3) is 0 Å². The Bertz CT molecular complexity index is 188. The van der Waals surface area contributed by atoms with Crippen LogP contribution in [0.4, 0.5) is 0 Å². The van der Waals surface area contributed by atoms with Crippen LogP contribution in [0.15, 0.2) is 12.7 Å². The third-order valence-electron chi connectivity index (χ3n) is 4.34. The van der Waals surface area contributed by atoms with Gasteiger partial charge in [0.2, 0.25) is 0 Å². The minimum atomic E-state index is -0.241. The lowest BCUT2D eigenvalue weighted by Gasteiger charge is -2.51. The van der Waals surface area contributed by atoms with Gasteiger partial charge in [0.1, 0.15) is 0 Å². The van der Waals surface area contributed by atoms with Gasteiger partial charge in [-0.15, -0.1) is 6.58 Å². The minimum absolute atomic E-state index is 0.241. The molecule has 0 radical (unpaired) electrons. The number of unbranched alkanes of at least 4 members (excludes halogenated alkanes) is 1. The highest BCUT2D eigenvalue weighted by Gasteiger charge is 2.36. The van der Waals surface area contributed by atoms with Crippen LogP contribution >= 0.6 is 10.0 Å². The number of allylic oxidation sites excluding steroid dienone is 1. The van der Waals surface area contributed by atoms with E-state index in [-0.39, 0.29) is 10.0 Å². The van der Waals surface area contributed by atoms with Crippen LogP contribution in [0.3, 0.4) is 0 Å². The summed E-state index contributed by atoms with van der Waals surface area (Å²) in [4.78, 5) is 0. The van der Waals surface area contributed by atoms with Crippen molar-refractivity contribution in [3.05, 3.63) is 12.7 Å². The Labute approximate surface area is 97.8 Å². The molecule has 0 atom stereocenters. The monoisotopic (exact) mass is 228 g/mol. The fourth-order valence-corrected chi connectivity index (χ4v) is 5.43. The smallest absolute Gasteiger partial charge is 0.0109 e. The van der Waals surface area contributed by atoms with E-state index in [1.807, 2.05) is 0 Å². The maximum atomic E-state index is 3.79. The molecule has 0 saturated heterocycles. The lowest BCUT2D eigenvalue weighted by Crippen LogP contribution is -2.35. The van der Waals surface area contributed by atoms with Gasteiger partial charge in [0.05, 0.1) is 0 Å². The molecule has 1 saturated carbocycles. The lowest BCUT2D eigenvalue weighted by atomic mass is 9.81. The summed E-state index contributed by atoms with van der Waals surface area (Å²) in [5, 5.41) is 1.10. The van der Waals surface area contributed by atoms with Gasteiger partial charge in [-0.3, -0.25) is 0 Å². The molecule has 0 unspecified atom stereocenters. The third-order valence-corrected chi connectivity index (χ3v) is 8.97. The number of hydrogen-bond donors (Lipinski definition) is 0. The standard InChI is InChI=1S/C14H28S/c1-5-8-9-10-13-11-14(12-13)15(4,6-2)7-3/h5,13-14H,1,6-12H2,2-4H3. The lowest BCUT2D eigenvalue weighted by molar-refractivity contribution is 0.299. The second-order valence-corrected chi connectivity index (χ2v) is 9.63. The highest BCUT2D eigenvalue weighted by atomic mass is 32.3. The molecule has 0 aliphatic heterocycles. The SMILES string of the molecule is C=CCCCC1CC(S(C)(CC)CC)C1. The molecular formula is C14H28S. The van der Waals surface area contributed by atoms with Crippen molar-refractivity contribution in [1.82, 2.24) is 0 Å². The highest BCUT2D eigenvalue weighted by molar-refractivity contribution is 8.33. The van der Waals surface area contributed by atoms with E-state index < -0.39 is 0 Å². The van der Waals surface area contributed by atoms with E-state index in [0.29, 0.717) is 0 Å². The Morgan fingerprint density at radius 3 is 2.33 bits per heavy atom.